The highest BCUT2D eigenvalue weighted by Gasteiger charge is 2.08. The van der Waals surface area contributed by atoms with Crippen LogP contribution in [0, 0.1) is 0 Å². The summed E-state index contributed by atoms with van der Waals surface area (Å²) >= 11 is 0. The number of hydrogen-bond acceptors (Lipinski definition) is 2. The van der Waals surface area contributed by atoms with Crippen LogP contribution in [0.2, 0.25) is 0 Å². The van der Waals surface area contributed by atoms with Gasteiger partial charge in [-0.05, 0) is 6.42 Å². The number of nitrogens with two attached hydrogens (primary N) is 1. The Labute approximate surface area is 105 Å². The zero-order chi connectivity index (χ0) is 12.9. The van der Waals surface area contributed by atoms with Gasteiger partial charge in [0.1, 0.15) is 0 Å². The molecule has 1 unspecified atom stereocenters. The lowest BCUT2D eigenvalue weighted by Gasteiger charge is -2.14. The Bertz CT molecular complexity index is 186. The standard InChI is InChI=1S/C13H28N2O2/c1-2-3-4-5-6-7-8-9-10-12(11-14)15-13(16)17/h12,15H,2-11,14H2,1H3,(H,16,17). The summed E-state index contributed by atoms with van der Waals surface area (Å²) in [5, 5.41) is 11.0. The Hall–Kier alpha value is -0.770. The lowest BCUT2D eigenvalue weighted by atomic mass is 10.0. The molecular weight excluding hydrogens is 216 g/mol. The van der Waals surface area contributed by atoms with E-state index in [1.807, 2.05) is 0 Å². The van der Waals surface area contributed by atoms with Gasteiger partial charge in [0.05, 0.1) is 0 Å². The Morgan fingerprint density at radius 2 is 1.65 bits per heavy atom. The summed E-state index contributed by atoms with van der Waals surface area (Å²) in [6.45, 7) is 2.62. The van der Waals surface area contributed by atoms with E-state index in [9.17, 15) is 4.79 Å². The molecule has 0 radical (unpaired) electrons. The molecule has 0 saturated carbocycles. The van der Waals surface area contributed by atoms with E-state index < -0.39 is 6.09 Å². The summed E-state index contributed by atoms with van der Waals surface area (Å²) in [4.78, 5) is 10.4. The van der Waals surface area contributed by atoms with Crippen LogP contribution in [0.5, 0.6) is 0 Å². The molecule has 0 spiro atoms. The Morgan fingerprint density at radius 1 is 1.12 bits per heavy atom. The van der Waals surface area contributed by atoms with Gasteiger partial charge >= 0.3 is 6.09 Å². The number of unbranched alkanes of at least 4 members (excludes halogenated alkanes) is 7. The van der Waals surface area contributed by atoms with Crippen LogP contribution in [-0.2, 0) is 0 Å². The third-order valence-corrected chi connectivity index (χ3v) is 3.02. The Balaban J connectivity index is 3.28. The fourth-order valence-electron chi connectivity index (χ4n) is 1.95. The van der Waals surface area contributed by atoms with E-state index in [-0.39, 0.29) is 6.04 Å². The van der Waals surface area contributed by atoms with Crippen LogP contribution in [0.25, 0.3) is 0 Å². The summed E-state index contributed by atoms with van der Waals surface area (Å²) in [6, 6.07) is -0.0763. The van der Waals surface area contributed by atoms with Gasteiger partial charge in [0.25, 0.3) is 0 Å². The van der Waals surface area contributed by atoms with Gasteiger partial charge in [-0.15, -0.1) is 0 Å². The molecule has 0 aromatic heterocycles. The van der Waals surface area contributed by atoms with E-state index in [1.54, 1.807) is 0 Å². The van der Waals surface area contributed by atoms with Crippen LogP contribution in [0.3, 0.4) is 0 Å². The largest absolute Gasteiger partial charge is 0.465 e. The van der Waals surface area contributed by atoms with Crippen LogP contribution in [0.15, 0.2) is 0 Å². The molecule has 0 fully saturated rings. The number of rotatable bonds is 11. The highest BCUT2D eigenvalue weighted by molar-refractivity contribution is 5.64. The number of nitrogens with one attached hydrogen (secondary N) is 1. The van der Waals surface area contributed by atoms with Gasteiger partial charge in [-0.1, -0.05) is 58.3 Å². The molecule has 0 bridgehead atoms. The van der Waals surface area contributed by atoms with Crippen molar-refractivity contribution in [3.05, 3.63) is 0 Å². The van der Waals surface area contributed by atoms with Crippen molar-refractivity contribution >= 4 is 6.09 Å². The molecule has 0 aliphatic carbocycles. The average molecular weight is 244 g/mol. The molecule has 0 aliphatic rings. The second-order valence-electron chi connectivity index (χ2n) is 4.65. The molecule has 0 saturated heterocycles. The monoisotopic (exact) mass is 244 g/mol. The van der Waals surface area contributed by atoms with E-state index in [0.717, 1.165) is 12.8 Å². The number of carboxylic acid groups (broad SMARTS) is 1. The first-order valence-electron chi connectivity index (χ1n) is 6.90. The van der Waals surface area contributed by atoms with Crippen molar-refractivity contribution in [2.24, 2.45) is 5.73 Å². The summed E-state index contributed by atoms with van der Waals surface area (Å²) < 4.78 is 0. The van der Waals surface area contributed by atoms with E-state index in [2.05, 4.69) is 12.2 Å². The quantitative estimate of drug-likeness (QED) is 0.489. The maximum Gasteiger partial charge on any atom is 0.404 e. The highest BCUT2D eigenvalue weighted by Crippen LogP contribution is 2.10. The zero-order valence-electron chi connectivity index (χ0n) is 11.1. The summed E-state index contributed by atoms with van der Waals surface area (Å²) in [6.07, 6.45) is 10.0. The van der Waals surface area contributed by atoms with Crippen molar-refractivity contribution < 1.29 is 9.90 Å². The predicted molar refractivity (Wildman–Crippen MR) is 71.2 cm³/mol. The van der Waals surface area contributed by atoms with E-state index >= 15 is 0 Å². The first-order valence-corrected chi connectivity index (χ1v) is 6.90. The fourth-order valence-corrected chi connectivity index (χ4v) is 1.95. The molecule has 0 rings (SSSR count). The van der Waals surface area contributed by atoms with Gasteiger partial charge in [-0.3, -0.25) is 0 Å². The molecule has 1 atom stereocenters. The van der Waals surface area contributed by atoms with Gasteiger partial charge in [0.15, 0.2) is 0 Å². The third-order valence-electron chi connectivity index (χ3n) is 3.02. The van der Waals surface area contributed by atoms with Crippen molar-refractivity contribution in [3.63, 3.8) is 0 Å². The summed E-state index contributed by atoms with van der Waals surface area (Å²) in [5.74, 6) is 0. The van der Waals surface area contributed by atoms with Gasteiger partial charge in [0, 0.05) is 12.6 Å². The topological polar surface area (TPSA) is 75.3 Å². The SMILES string of the molecule is CCCCCCCCCCC(CN)NC(=O)O. The first kappa shape index (κ1) is 16.2. The van der Waals surface area contributed by atoms with Crippen LogP contribution in [0.4, 0.5) is 4.79 Å². The van der Waals surface area contributed by atoms with Crippen LogP contribution in [0.1, 0.15) is 64.7 Å². The minimum atomic E-state index is -0.972. The minimum absolute atomic E-state index is 0.0763. The molecule has 102 valence electrons. The molecule has 0 aromatic rings. The zero-order valence-corrected chi connectivity index (χ0v) is 11.1. The van der Waals surface area contributed by atoms with Crippen LogP contribution in [-0.4, -0.2) is 23.8 Å². The van der Waals surface area contributed by atoms with E-state index in [0.29, 0.717) is 6.54 Å². The van der Waals surface area contributed by atoms with Crippen molar-refractivity contribution in [3.8, 4) is 0 Å². The maximum absolute atomic E-state index is 10.4. The fraction of sp³-hybridized carbons (Fsp3) is 0.923. The number of amides is 1. The van der Waals surface area contributed by atoms with Gasteiger partial charge in [-0.2, -0.15) is 0 Å². The van der Waals surface area contributed by atoms with Crippen LogP contribution >= 0.6 is 0 Å². The number of hydrogen-bond donors (Lipinski definition) is 3. The molecule has 0 heterocycles. The van der Waals surface area contributed by atoms with Crippen molar-refractivity contribution in [1.82, 2.24) is 5.32 Å². The Morgan fingerprint density at radius 3 is 2.12 bits per heavy atom. The molecule has 17 heavy (non-hydrogen) atoms. The Kier molecular flexibility index (Phi) is 11.2. The van der Waals surface area contributed by atoms with Crippen LogP contribution < -0.4 is 11.1 Å². The van der Waals surface area contributed by atoms with Crippen molar-refractivity contribution in [2.75, 3.05) is 6.54 Å². The first-order chi connectivity index (χ1) is 8.20. The molecule has 4 nitrogen and oxygen atoms in total. The summed E-state index contributed by atoms with van der Waals surface area (Å²) in [5.41, 5.74) is 5.49. The van der Waals surface area contributed by atoms with Crippen molar-refractivity contribution in [1.29, 1.82) is 0 Å². The molecule has 1 amide bonds. The lowest BCUT2D eigenvalue weighted by Crippen LogP contribution is -2.39. The average Bonchev–Trinajstić information content (AvgIpc) is 2.30. The smallest absolute Gasteiger partial charge is 0.404 e. The maximum atomic E-state index is 10.4. The molecule has 4 heteroatoms. The lowest BCUT2D eigenvalue weighted by molar-refractivity contribution is 0.189. The molecule has 0 aromatic carbocycles. The van der Waals surface area contributed by atoms with E-state index in [1.165, 1.54) is 44.9 Å². The van der Waals surface area contributed by atoms with Gasteiger partial charge in [-0.25, -0.2) is 4.79 Å². The molecular formula is C13H28N2O2. The van der Waals surface area contributed by atoms with E-state index in [4.69, 9.17) is 10.8 Å². The second-order valence-corrected chi connectivity index (χ2v) is 4.65. The number of carbonyl (C=O) groups is 1. The summed E-state index contributed by atoms with van der Waals surface area (Å²) in [7, 11) is 0. The molecule has 4 N–H and O–H groups in total. The third kappa shape index (κ3) is 11.5. The van der Waals surface area contributed by atoms with Gasteiger partial charge in [0.2, 0.25) is 0 Å². The normalized spacial score (nSPS) is 12.4. The highest BCUT2D eigenvalue weighted by atomic mass is 16.4. The minimum Gasteiger partial charge on any atom is -0.465 e. The second kappa shape index (κ2) is 11.7. The molecule has 0 aliphatic heterocycles. The predicted octanol–water partition coefficient (Wildman–Crippen LogP) is 3.11. The van der Waals surface area contributed by atoms with Gasteiger partial charge < -0.3 is 16.2 Å². The van der Waals surface area contributed by atoms with Crippen molar-refractivity contribution in [2.45, 2.75) is 70.8 Å².